The third-order valence-electron chi connectivity index (χ3n) is 7.77. The summed E-state index contributed by atoms with van der Waals surface area (Å²) in [6, 6.07) is 0. The first kappa shape index (κ1) is 21.8. The van der Waals surface area contributed by atoms with E-state index in [4.69, 9.17) is 18.6 Å². The van der Waals surface area contributed by atoms with Gasteiger partial charge >= 0.3 is 11.9 Å². The van der Waals surface area contributed by atoms with E-state index in [0.29, 0.717) is 29.6 Å². The van der Waals surface area contributed by atoms with Crippen LogP contribution in [-0.4, -0.2) is 53.9 Å². The van der Waals surface area contributed by atoms with Gasteiger partial charge in [-0.3, -0.25) is 14.4 Å². The zero-order chi connectivity index (χ0) is 23.0. The molecule has 0 N–H and O–H groups in total. The summed E-state index contributed by atoms with van der Waals surface area (Å²) in [6.07, 6.45) is 0.912. The predicted octanol–water partition coefficient (Wildman–Crippen LogP) is 2.95. The van der Waals surface area contributed by atoms with Gasteiger partial charge in [0.15, 0.2) is 5.76 Å². The number of Topliss-reactive ketones (excluding diaryl/α,β-unsaturated/α-hetero) is 2. The van der Waals surface area contributed by atoms with Gasteiger partial charge in [0.2, 0.25) is 5.78 Å². The highest BCUT2D eigenvalue weighted by molar-refractivity contribution is 14.1. The molecule has 0 amide bonds. The van der Waals surface area contributed by atoms with E-state index in [-0.39, 0.29) is 46.3 Å². The summed E-state index contributed by atoms with van der Waals surface area (Å²) in [5.41, 5.74) is -0.0645. The number of fused-ring (bicyclic) bond motifs is 3. The molecule has 2 heterocycles. The highest BCUT2D eigenvalue weighted by Crippen LogP contribution is 2.61. The van der Waals surface area contributed by atoms with Crippen molar-refractivity contribution in [3.05, 3.63) is 34.3 Å². The summed E-state index contributed by atoms with van der Waals surface area (Å²) in [5.74, 6) is -1.50. The third kappa shape index (κ3) is 2.63. The molecule has 1 saturated carbocycles. The molecule has 1 aliphatic heterocycles. The van der Waals surface area contributed by atoms with E-state index < -0.39 is 35.0 Å². The predicted molar refractivity (Wildman–Crippen MR) is 118 cm³/mol. The minimum Gasteiger partial charge on any atom is -0.460 e. The van der Waals surface area contributed by atoms with Crippen molar-refractivity contribution in [2.24, 2.45) is 11.3 Å². The molecule has 0 saturated heterocycles. The van der Waals surface area contributed by atoms with E-state index in [1.54, 1.807) is 0 Å². The van der Waals surface area contributed by atoms with Gasteiger partial charge in [-0.25, -0.2) is 4.79 Å². The largest absolute Gasteiger partial charge is 0.460 e. The number of ether oxygens (including phenoxy) is 3. The van der Waals surface area contributed by atoms with Crippen molar-refractivity contribution in [1.82, 2.24) is 0 Å². The van der Waals surface area contributed by atoms with E-state index in [1.807, 2.05) is 36.4 Å². The average Bonchev–Trinajstić information content (AvgIpc) is 3.33. The van der Waals surface area contributed by atoms with Gasteiger partial charge in [-0.05, 0) is 18.9 Å². The number of allylic oxidation sites excluding steroid dienone is 1. The number of methoxy groups -OCH3 is 1. The summed E-state index contributed by atoms with van der Waals surface area (Å²) >= 11 is 1.93. The van der Waals surface area contributed by atoms with Crippen LogP contribution >= 0.6 is 22.6 Å². The average molecular weight is 554 g/mol. The lowest BCUT2D eigenvalue weighted by Crippen LogP contribution is -2.57. The third-order valence-corrected chi connectivity index (χ3v) is 8.39. The molecule has 3 aliphatic carbocycles. The van der Waals surface area contributed by atoms with Crippen LogP contribution in [0.4, 0.5) is 0 Å². The molecule has 5 rings (SSSR count). The number of ketones is 2. The van der Waals surface area contributed by atoms with Crippen molar-refractivity contribution in [3.8, 4) is 0 Å². The first-order valence-electron chi connectivity index (χ1n) is 10.6. The standard InChI is InChI=1S/C23H23IO8/c1-22-6-12(31-15(26)7-24)18-16(11(22)4-5-13(22)25)19(27)20-17-10(8-30-20)21(28)32-14(9-29-3)23(17,18)2/h8,11-12,14H,4-7,9H2,1-3H3/t11-,12+,14+,22-,23-/m0/s1. The second-order valence-electron chi connectivity index (χ2n) is 9.31. The Kier molecular flexibility index (Phi) is 4.94. The fourth-order valence-electron chi connectivity index (χ4n) is 6.27. The molecule has 4 aliphatic rings. The summed E-state index contributed by atoms with van der Waals surface area (Å²) in [5, 5.41) is 0. The van der Waals surface area contributed by atoms with Crippen LogP contribution in [0.15, 0.2) is 21.8 Å². The number of alkyl halides is 1. The molecule has 5 atom stereocenters. The molecule has 170 valence electrons. The van der Waals surface area contributed by atoms with Crippen LogP contribution in [0.2, 0.25) is 0 Å². The quantitative estimate of drug-likeness (QED) is 0.318. The van der Waals surface area contributed by atoms with E-state index in [1.165, 1.54) is 13.4 Å². The topological polar surface area (TPSA) is 109 Å². The monoisotopic (exact) mass is 554 g/mol. The molecule has 8 nitrogen and oxygen atoms in total. The number of carbonyl (C=O) groups excluding carboxylic acids is 4. The van der Waals surface area contributed by atoms with Crippen LogP contribution in [0.25, 0.3) is 0 Å². The second-order valence-corrected chi connectivity index (χ2v) is 10.1. The smallest absolute Gasteiger partial charge is 0.342 e. The highest BCUT2D eigenvalue weighted by Gasteiger charge is 2.64. The molecule has 0 aromatic carbocycles. The fraction of sp³-hybridized carbons (Fsp3) is 0.565. The fourth-order valence-corrected chi connectivity index (χ4v) is 6.45. The molecular weight excluding hydrogens is 531 g/mol. The Labute approximate surface area is 198 Å². The lowest BCUT2D eigenvalue weighted by atomic mass is 9.54. The lowest BCUT2D eigenvalue weighted by Gasteiger charge is -2.51. The van der Waals surface area contributed by atoms with Crippen molar-refractivity contribution in [2.75, 3.05) is 18.1 Å². The normalized spacial score (nSPS) is 35.2. The molecule has 1 fully saturated rings. The number of rotatable bonds is 4. The van der Waals surface area contributed by atoms with E-state index in [9.17, 15) is 19.2 Å². The summed E-state index contributed by atoms with van der Waals surface area (Å²) < 4.78 is 22.8. The number of furan rings is 1. The van der Waals surface area contributed by atoms with Crippen LogP contribution in [0, 0.1) is 11.3 Å². The molecule has 0 unspecified atom stereocenters. The van der Waals surface area contributed by atoms with Gasteiger partial charge in [-0.1, -0.05) is 29.5 Å². The SMILES string of the molecule is COC[C@H]1OC(=O)c2coc3c2[C@@]1(C)C1=C(C3=O)[C@@H]2CCC(=O)[C@@]2(C)C[C@H]1OC(=O)CI. The lowest BCUT2D eigenvalue weighted by molar-refractivity contribution is -0.148. The molecule has 9 heteroatoms. The summed E-state index contributed by atoms with van der Waals surface area (Å²) in [7, 11) is 1.51. The van der Waals surface area contributed by atoms with Crippen LogP contribution in [0.3, 0.4) is 0 Å². The number of hydrogen-bond donors (Lipinski definition) is 0. The number of halogens is 1. The van der Waals surface area contributed by atoms with Crippen molar-refractivity contribution in [2.45, 2.75) is 50.7 Å². The van der Waals surface area contributed by atoms with Crippen molar-refractivity contribution in [3.63, 3.8) is 0 Å². The Hall–Kier alpha value is -2.01. The minimum atomic E-state index is -0.992. The maximum Gasteiger partial charge on any atom is 0.342 e. The van der Waals surface area contributed by atoms with Crippen LogP contribution in [-0.2, 0) is 29.2 Å². The van der Waals surface area contributed by atoms with Crippen LogP contribution in [0.1, 0.15) is 59.6 Å². The molecule has 0 bridgehead atoms. The summed E-state index contributed by atoms with van der Waals surface area (Å²) in [6.45, 7) is 3.83. The van der Waals surface area contributed by atoms with E-state index in [2.05, 4.69) is 0 Å². The second kappa shape index (κ2) is 7.24. The zero-order valence-corrected chi connectivity index (χ0v) is 20.1. The first-order chi connectivity index (χ1) is 15.2. The Morgan fingerprint density at radius 2 is 2.03 bits per heavy atom. The van der Waals surface area contributed by atoms with E-state index >= 15 is 0 Å². The summed E-state index contributed by atoms with van der Waals surface area (Å²) in [4.78, 5) is 51.8. The minimum absolute atomic E-state index is 0.0666. The molecular formula is C23H23IO8. The molecule has 32 heavy (non-hydrogen) atoms. The highest BCUT2D eigenvalue weighted by atomic mass is 127. The van der Waals surface area contributed by atoms with Gasteiger partial charge in [-0.2, -0.15) is 0 Å². The Morgan fingerprint density at radius 3 is 2.72 bits per heavy atom. The van der Waals surface area contributed by atoms with Crippen molar-refractivity contribution in [1.29, 1.82) is 0 Å². The van der Waals surface area contributed by atoms with Crippen molar-refractivity contribution < 1.29 is 37.8 Å². The number of hydrogen-bond acceptors (Lipinski definition) is 8. The molecule has 0 radical (unpaired) electrons. The first-order valence-corrected chi connectivity index (χ1v) is 12.1. The number of carbonyl (C=O) groups is 4. The van der Waals surface area contributed by atoms with E-state index in [0.717, 1.165) is 0 Å². The number of esters is 2. The van der Waals surface area contributed by atoms with Crippen LogP contribution in [0.5, 0.6) is 0 Å². The van der Waals surface area contributed by atoms with Gasteiger partial charge in [0.1, 0.15) is 29.8 Å². The Bertz CT molecular complexity index is 1100. The maximum atomic E-state index is 13.8. The van der Waals surface area contributed by atoms with Gasteiger partial charge < -0.3 is 18.6 Å². The zero-order valence-electron chi connectivity index (χ0n) is 18.0. The van der Waals surface area contributed by atoms with Gasteiger partial charge in [0.05, 0.1) is 16.4 Å². The number of cyclic esters (lactones) is 1. The van der Waals surface area contributed by atoms with Gasteiger partial charge in [0.25, 0.3) is 0 Å². The van der Waals surface area contributed by atoms with Crippen molar-refractivity contribution >= 4 is 46.1 Å². The Morgan fingerprint density at radius 1 is 1.28 bits per heavy atom. The van der Waals surface area contributed by atoms with Gasteiger partial charge in [0, 0.05) is 42.4 Å². The maximum absolute atomic E-state index is 13.8. The van der Waals surface area contributed by atoms with Crippen LogP contribution < -0.4 is 0 Å². The molecule has 1 aromatic heterocycles. The Balaban J connectivity index is 1.80. The molecule has 0 spiro atoms. The molecule has 1 aromatic rings. The van der Waals surface area contributed by atoms with Gasteiger partial charge in [-0.15, -0.1) is 0 Å².